The standard InChI is InChI=1S/C25H28N2O4/c28-25(27-14-12-26(13-15-27)17-20-9-6-16-29-20)24-22(18-30-19-7-2-1-3-8-19)21-10-4-5-11-23(21)31-24/h1-5,7-8,10-11,20H,6,9,12-18H2/t20-/m0/s1. The van der Waals surface area contributed by atoms with Gasteiger partial charge in [-0.25, -0.2) is 0 Å². The van der Waals surface area contributed by atoms with Gasteiger partial charge in [-0.1, -0.05) is 36.4 Å². The molecule has 162 valence electrons. The summed E-state index contributed by atoms with van der Waals surface area (Å²) in [5.41, 5.74) is 1.53. The lowest BCUT2D eigenvalue weighted by atomic mass is 10.1. The van der Waals surface area contributed by atoms with Gasteiger partial charge in [0.1, 0.15) is 17.9 Å². The molecular formula is C25H28N2O4. The van der Waals surface area contributed by atoms with Crippen molar-refractivity contribution in [1.82, 2.24) is 9.80 Å². The van der Waals surface area contributed by atoms with E-state index in [9.17, 15) is 4.79 Å². The maximum Gasteiger partial charge on any atom is 0.290 e. The highest BCUT2D eigenvalue weighted by Crippen LogP contribution is 2.29. The fraction of sp³-hybridized carbons (Fsp3) is 0.400. The van der Waals surface area contributed by atoms with Crippen molar-refractivity contribution in [2.45, 2.75) is 25.6 Å². The number of fused-ring (bicyclic) bond motifs is 1. The summed E-state index contributed by atoms with van der Waals surface area (Å²) in [5.74, 6) is 1.11. The Bertz CT molecular complexity index is 1020. The van der Waals surface area contributed by atoms with Crippen LogP contribution in [0.15, 0.2) is 59.0 Å². The van der Waals surface area contributed by atoms with Gasteiger partial charge in [-0.2, -0.15) is 0 Å². The second-order valence-corrected chi connectivity index (χ2v) is 8.24. The number of rotatable bonds is 6. The fourth-order valence-electron chi connectivity index (χ4n) is 4.44. The highest BCUT2D eigenvalue weighted by Gasteiger charge is 2.29. The van der Waals surface area contributed by atoms with E-state index in [1.54, 1.807) is 0 Å². The van der Waals surface area contributed by atoms with Gasteiger partial charge >= 0.3 is 0 Å². The second-order valence-electron chi connectivity index (χ2n) is 8.24. The maximum atomic E-state index is 13.4. The fourth-order valence-corrected chi connectivity index (χ4v) is 4.44. The van der Waals surface area contributed by atoms with Crippen molar-refractivity contribution >= 4 is 16.9 Å². The first-order valence-corrected chi connectivity index (χ1v) is 11.1. The molecule has 0 bridgehead atoms. The Labute approximate surface area is 182 Å². The number of carbonyl (C=O) groups excluding carboxylic acids is 1. The van der Waals surface area contributed by atoms with Crippen molar-refractivity contribution in [1.29, 1.82) is 0 Å². The summed E-state index contributed by atoms with van der Waals surface area (Å²) < 4.78 is 17.8. The molecule has 3 aromatic rings. The van der Waals surface area contributed by atoms with Crippen LogP contribution in [0.2, 0.25) is 0 Å². The quantitative estimate of drug-likeness (QED) is 0.604. The molecule has 2 aliphatic rings. The molecule has 1 aromatic heterocycles. The molecule has 2 aromatic carbocycles. The predicted molar refractivity (Wildman–Crippen MR) is 118 cm³/mol. The van der Waals surface area contributed by atoms with Crippen LogP contribution in [0, 0.1) is 0 Å². The van der Waals surface area contributed by atoms with E-state index in [1.807, 2.05) is 59.5 Å². The number of benzene rings is 2. The summed E-state index contributed by atoms with van der Waals surface area (Å²) in [6, 6.07) is 17.4. The van der Waals surface area contributed by atoms with Gasteiger partial charge in [0.2, 0.25) is 0 Å². The number of hydrogen-bond acceptors (Lipinski definition) is 5. The van der Waals surface area contributed by atoms with E-state index >= 15 is 0 Å². The van der Waals surface area contributed by atoms with Crippen LogP contribution in [-0.4, -0.2) is 61.1 Å². The summed E-state index contributed by atoms with van der Waals surface area (Å²) in [6.45, 7) is 5.25. The molecule has 6 nitrogen and oxygen atoms in total. The first-order chi connectivity index (χ1) is 15.3. The maximum absolute atomic E-state index is 13.4. The van der Waals surface area contributed by atoms with E-state index in [0.717, 1.165) is 61.4 Å². The van der Waals surface area contributed by atoms with Gasteiger partial charge in [0.15, 0.2) is 5.76 Å². The van der Waals surface area contributed by atoms with Crippen molar-refractivity contribution in [2.75, 3.05) is 39.3 Å². The summed E-state index contributed by atoms with van der Waals surface area (Å²) in [7, 11) is 0. The third kappa shape index (κ3) is 4.45. The van der Waals surface area contributed by atoms with Crippen molar-refractivity contribution in [3.63, 3.8) is 0 Å². The largest absolute Gasteiger partial charge is 0.489 e. The number of para-hydroxylation sites is 2. The van der Waals surface area contributed by atoms with E-state index in [0.29, 0.717) is 31.6 Å². The summed E-state index contributed by atoms with van der Waals surface area (Å²) >= 11 is 0. The van der Waals surface area contributed by atoms with Gasteiger partial charge < -0.3 is 18.8 Å². The zero-order valence-corrected chi connectivity index (χ0v) is 17.7. The van der Waals surface area contributed by atoms with Gasteiger partial charge in [-0.3, -0.25) is 9.69 Å². The van der Waals surface area contributed by atoms with Crippen LogP contribution in [-0.2, 0) is 11.3 Å². The highest BCUT2D eigenvalue weighted by atomic mass is 16.5. The molecule has 2 fully saturated rings. The first kappa shape index (κ1) is 20.1. The zero-order valence-electron chi connectivity index (χ0n) is 17.7. The lowest BCUT2D eigenvalue weighted by Crippen LogP contribution is -2.50. The van der Waals surface area contributed by atoms with Gasteiger partial charge in [0.25, 0.3) is 5.91 Å². The number of ether oxygens (including phenoxy) is 2. The monoisotopic (exact) mass is 420 g/mol. The van der Waals surface area contributed by atoms with E-state index < -0.39 is 0 Å². The molecular weight excluding hydrogens is 392 g/mol. The highest BCUT2D eigenvalue weighted by molar-refractivity contribution is 5.99. The van der Waals surface area contributed by atoms with Crippen LogP contribution in [0.3, 0.4) is 0 Å². The Kier molecular flexibility index (Phi) is 5.91. The minimum Gasteiger partial charge on any atom is -0.489 e. The molecule has 0 radical (unpaired) electrons. The molecule has 5 rings (SSSR count). The molecule has 0 aliphatic carbocycles. The summed E-state index contributed by atoms with van der Waals surface area (Å²) in [4.78, 5) is 17.7. The molecule has 1 amide bonds. The Morgan fingerprint density at radius 1 is 1.00 bits per heavy atom. The number of nitrogens with zero attached hydrogens (tertiary/aromatic N) is 2. The molecule has 3 heterocycles. The van der Waals surface area contributed by atoms with Gasteiger partial charge in [0, 0.05) is 50.3 Å². The summed E-state index contributed by atoms with van der Waals surface area (Å²) in [5, 5.41) is 0.929. The van der Waals surface area contributed by atoms with Gasteiger partial charge in [-0.15, -0.1) is 0 Å². The van der Waals surface area contributed by atoms with E-state index in [4.69, 9.17) is 13.9 Å². The SMILES string of the molecule is O=C(c1oc2ccccc2c1COc1ccccc1)N1CCN(C[C@@H]2CCCO2)CC1. The predicted octanol–water partition coefficient (Wildman–Crippen LogP) is 3.95. The molecule has 1 atom stereocenters. The Morgan fingerprint density at radius 2 is 1.77 bits per heavy atom. The van der Waals surface area contributed by atoms with E-state index in [-0.39, 0.29) is 5.91 Å². The van der Waals surface area contributed by atoms with Gasteiger partial charge in [0.05, 0.1) is 6.10 Å². The molecule has 6 heteroatoms. The molecule has 0 unspecified atom stereocenters. The molecule has 2 saturated heterocycles. The minimum atomic E-state index is -0.0559. The average Bonchev–Trinajstić information content (AvgIpc) is 3.46. The minimum absolute atomic E-state index is 0.0559. The third-order valence-corrected chi connectivity index (χ3v) is 6.16. The van der Waals surface area contributed by atoms with Crippen LogP contribution in [0.5, 0.6) is 5.75 Å². The number of carbonyl (C=O) groups is 1. The van der Waals surface area contributed by atoms with E-state index in [2.05, 4.69) is 4.90 Å². The Balaban J connectivity index is 1.30. The lowest BCUT2D eigenvalue weighted by Gasteiger charge is -2.35. The second kappa shape index (κ2) is 9.12. The normalized spacial score (nSPS) is 19.7. The van der Waals surface area contributed by atoms with Crippen LogP contribution >= 0.6 is 0 Å². The number of amides is 1. The topological polar surface area (TPSA) is 55.2 Å². The van der Waals surface area contributed by atoms with Crippen molar-refractivity contribution in [3.8, 4) is 5.75 Å². The first-order valence-electron chi connectivity index (χ1n) is 11.1. The molecule has 31 heavy (non-hydrogen) atoms. The third-order valence-electron chi connectivity index (χ3n) is 6.16. The lowest BCUT2D eigenvalue weighted by molar-refractivity contribution is 0.0416. The molecule has 2 aliphatic heterocycles. The van der Waals surface area contributed by atoms with Crippen LogP contribution in [0.1, 0.15) is 29.0 Å². The van der Waals surface area contributed by atoms with Crippen LogP contribution in [0.25, 0.3) is 11.0 Å². The van der Waals surface area contributed by atoms with Gasteiger partial charge in [-0.05, 0) is 31.0 Å². The number of hydrogen-bond donors (Lipinski definition) is 0. The van der Waals surface area contributed by atoms with Crippen LogP contribution < -0.4 is 4.74 Å². The zero-order chi connectivity index (χ0) is 21.0. The smallest absolute Gasteiger partial charge is 0.290 e. The van der Waals surface area contributed by atoms with Crippen molar-refractivity contribution < 1.29 is 18.7 Å². The van der Waals surface area contributed by atoms with Crippen molar-refractivity contribution in [3.05, 3.63) is 65.9 Å². The molecule has 0 N–H and O–H groups in total. The molecule has 0 spiro atoms. The van der Waals surface area contributed by atoms with E-state index in [1.165, 1.54) is 0 Å². The Morgan fingerprint density at radius 3 is 2.55 bits per heavy atom. The average molecular weight is 421 g/mol. The number of piperazine rings is 1. The Hall–Kier alpha value is -2.83. The van der Waals surface area contributed by atoms with Crippen LogP contribution in [0.4, 0.5) is 0 Å². The van der Waals surface area contributed by atoms with Crippen molar-refractivity contribution in [2.24, 2.45) is 0 Å². The summed E-state index contributed by atoms with van der Waals surface area (Å²) in [6.07, 6.45) is 2.64. The molecule has 0 saturated carbocycles. The number of furan rings is 1.